The van der Waals surface area contributed by atoms with Gasteiger partial charge in [-0.25, -0.2) is 8.78 Å². The molecule has 1 aliphatic rings. The van der Waals surface area contributed by atoms with Crippen molar-refractivity contribution in [2.75, 3.05) is 6.54 Å². The molecule has 0 spiro atoms. The van der Waals surface area contributed by atoms with Crippen molar-refractivity contribution in [3.05, 3.63) is 29.6 Å². The highest BCUT2D eigenvalue weighted by atomic mass is 35.5. The number of rotatable bonds is 1. The average Bonchev–Trinajstić information content (AvgIpc) is 2.56. The first kappa shape index (κ1) is 11.3. The molecule has 14 heavy (non-hydrogen) atoms. The molecule has 1 saturated heterocycles. The van der Waals surface area contributed by atoms with Crippen LogP contribution in [-0.2, 0) is 0 Å². The van der Waals surface area contributed by atoms with Gasteiger partial charge in [-0.05, 0) is 19.4 Å². The van der Waals surface area contributed by atoms with Gasteiger partial charge in [0.25, 0.3) is 0 Å². The van der Waals surface area contributed by atoms with Crippen LogP contribution in [0, 0.1) is 11.6 Å². The van der Waals surface area contributed by atoms with Crippen LogP contribution in [0.3, 0.4) is 0 Å². The van der Waals surface area contributed by atoms with Crippen LogP contribution < -0.4 is 5.32 Å². The summed E-state index contributed by atoms with van der Waals surface area (Å²) in [5.41, 5.74) is 0.332. The maximum absolute atomic E-state index is 13.2. The van der Waals surface area contributed by atoms with E-state index in [4.69, 9.17) is 0 Å². The minimum Gasteiger partial charge on any atom is -0.309 e. The summed E-state index contributed by atoms with van der Waals surface area (Å²) in [6.45, 7) is 0.878. The van der Waals surface area contributed by atoms with E-state index in [0.717, 1.165) is 31.6 Å². The molecule has 0 radical (unpaired) electrons. The Morgan fingerprint density at radius 1 is 1.43 bits per heavy atom. The zero-order valence-corrected chi connectivity index (χ0v) is 8.28. The second kappa shape index (κ2) is 4.66. The normalized spacial score (nSPS) is 20.6. The minimum absolute atomic E-state index is 0. The first-order chi connectivity index (χ1) is 6.27. The first-order valence-corrected chi connectivity index (χ1v) is 4.31. The van der Waals surface area contributed by atoms with Crippen LogP contribution in [0.2, 0.25) is 0 Å². The zero-order chi connectivity index (χ0) is 9.26. The predicted octanol–water partition coefficient (Wildman–Crippen LogP) is 2.21. The summed E-state index contributed by atoms with van der Waals surface area (Å²) in [6.07, 6.45) is 2.94. The summed E-state index contributed by atoms with van der Waals surface area (Å²) in [5, 5.41) is 3.11. The molecule has 2 heterocycles. The Hall–Kier alpha value is -0.740. The van der Waals surface area contributed by atoms with Gasteiger partial charge in [-0.3, -0.25) is 4.98 Å². The maximum Gasteiger partial charge on any atom is 0.149 e. The molecule has 1 aromatic rings. The van der Waals surface area contributed by atoms with Crippen molar-refractivity contribution in [3.8, 4) is 0 Å². The topological polar surface area (TPSA) is 24.9 Å². The van der Waals surface area contributed by atoms with E-state index in [-0.39, 0.29) is 18.4 Å². The van der Waals surface area contributed by atoms with Gasteiger partial charge in [0.05, 0.1) is 17.9 Å². The highest BCUT2D eigenvalue weighted by Crippen LogP contribution is 2.23. The smallest absolute Gasteiger partial charge is 0.149 e. The van der Waals surface area contributed by atoms with Gasteiger partial charge in [-0.2, -0.15) is 0 Å². The molecule has 0 unspecified atom stereocenters. The Bertz CT molecular complexity index is 314. The van der Waals surface area contributed by atoms with Crippen molar-refractivity contribution < 1.29 is 8.78 Å². The second-order valence-corrected chi connectivity index (χ2v) is 3.17. The number of hydrogen-bond acceptors (Lipinski definition) is 2. The fourth-order valence-electron chi connectivity index (χ4n) is 1.60. The molecule has 1 N–H and O–H groups in total. The van der Waals surface area contributed by atoms with E-state index in [1.54, 1.807) is 0 Å². The van der Waals surface area contributed by atoms with Crippen molar-refractivity contribution in [1.82, 2.24) is 10.3 Å². The predicted molar refractivity (Wildman–Crippen MR) is 51.4 cm³/mol. The lowest BCUT2D eigenvalue weighted by molar-refractivity contribution is 0.520. The number of halogens is 3. The molecule has 78 valence electrons. The third kappa shape index (κ3) is 2.19. The van der Waals surface area contributed by atoms with Gasteiger partial charge in [0.1, 0.15) is 11.6 Å². The molecule has 1 atom stereocenters. The van der Waals surface area contributed by atoms with Crippen LogP contribution >= 0.6 is 12.4 Å². The van der Waals surface area contributed by atoms with Crippen molar-refractivity contribution in [1.29, 1.82) is 0 Å². The van der Waals surface area contributed by atoms with Crippen molar-refractivity contribution in [2.45, 2.75) is 18.9 Å². The van der Waals surface area contributed by atoms with Gasteiger partial charge in [-0.15, -0.1) is 12.4 Å². The lowest BCUT2D eigenvalue weighted by Gasteiger charge is -2.09. The Morgan fingerprint density at radius 3 is 2.79 bits per heavy atom. The lowest BCUT2D eigenvalue weighted by atomic mass is 10.1. The third-order valence-corrected chi connectivity index (χ3v) is 2.23. The fraction of sp³-hybridized carbons (Fsp3) is 0.444. The lowest BCUT2D eigenvalue weighted by Crippen LogP contribution is -2.15. The van der Waals surface area contributed by atoms with Crippen LogP contribution in [0.25, 0.3) is 0 Å². The molecule has 1 aliphatic heterocycles. The fourth-order valence-corrected chi connectivity index (χ4v) is 1.60. The summed E-state index contributed by atoms with van der Waals surface area (Å²) < 4.78 is 25.7. The molecule has 0 aromatic carbocycles. The van der Waals surface area contributed by atoms with Crippen LogP contribution in [-0.4, -0.2) is 11.5 Å². The molecule has 1 aromatic heterocycles. The molecule has 0 aliphatic carbocycles. The molecule has 0 bridgehead atoms. The van der Waals surface area contributed by atoms with Crippen molar-refractivity contribution in [3.63, 3.8) is 0 Å². The Balaban J connectivity index is 0.000000980. The number of hydrogen-bond donors (Lipinski definition) is 1. The molecular weight excluding hydrogens is 210 g/mol. The summed E-state index contributed by atoms with van der Waals surface area (Å²) in [4.78, 5) is 3.75. The van der Waals surface area contributed by atoms with E-state index in [0.29, 0.717) is 5.69 Å². The molecule has 5 heteroatoms. The summed E-state index contributed by atoms with van der Waals surface area (Å²) >= 11 is 0. The van der Waals surface area contributed by atoms with Gasteiger partial charge in [0.2, 0.25) is 0 Å². The Morgan fingerprint density at radius 2 is 2.21 bits per heavy atom. The molecule has 1 fully saturated rings. The summed E-state index contributed by atoms with van der Waals surface area (Å²) in [7, 11) is 0. The van der Waals surface area contributed by atoms with Gasteiger partial charge in [-0.1, -0.05) is 0 Å². The van der Waals surface area contributed by atoms with Crippen LogP contribution in [0.4, 0.5) is 8.78 Å². The quantitative estimate of drug-likeness (QED) is 0.785. The second-order valence-electron chi connectivity index (χ2n) is 3.17. The van der Waals surface area contributed by atoms with Gasteiger partial charge < -0.3 is 5.32 Å². The Labute approximate surface area is 87.1 Å². The molecule has 2 rings (SSSR count). The molecule has 0 saturated carbocycles. The van der Waals surface area contributed by atoms with Gasteiger partial charge in [0, 0.05) is 6.07 Å². The van der Waals surface area contributed by atoms with E-state index in [1.807, 2.05) is 0 Å². The Kier molecular flexibility index (Phi) is 3.77. The molecule has 2 nitrogen and oxygen atoms in total. The van der Waals surface area contributed by atoms with E-state index in [9.17, 15) is 8.78 Å². The average molecular weight is 221 g/mol. The standard InChI is InChI=1S/C9H10F2N2.ClH/c10-6-4-7(11)9(13-5-6)8-2-1-3-12-8;/h4-5,8,12H,1-3H2;1H/t8-;/m0./s1. The van der Waals surface area contributed by atoms with Crippen molar-refractivity contribution >= 4 is 12.4 Å². The van der Waals surface area contributed by atoms with Crippen molar-refractivity contribution in [2.24, 2.45) is 0 Å². The molecule has 0 amide bonds. The van der Waals surface area contributed by atoms with Crippen LogP contribution in [0.1, 0.15) is 24.6 Å². The van der Waals surface area contributed by atoms with E-state index >= 15 is 0 Å². The number of nitrogens with one attached hydrogen (secondary N) is 1. The minimum atomic E-state index is -0.626. The SMILES string of the molecule is Cl.Fc1cnc([C@@H]2CCCN2)c(F)c1. The number of pyridine rings is 1. The highest BCUT2D eigenvalue weighted by molar-refractivity contribution is 5.85. The van der Waals surface area contributed by atoms with E-state index < -0.39 is 11.6 Å². The zero-order valence-electron chi connectivity index (χ0n) is 7.46. The van der Waals surface area contributed by atoms with Gasteiger partial charge >= 0.3 is 0 Å². The number of nitrogens with zero attached hydrogens (tertiary/aromatic N) is 1. The molecular formula is C9H11ClF2N2. The maximum atomic E-state index is 13.2. The van der Waals surface area contributed by atoms with Crippen LogP contribution in [0.15, 0.2) is 12.3 Å². The summed E-state index contributed by atoms with van der Waals surface area (Å²) in [5.74, 6) is -1.18. The van der Waals surface area contributed by atoms with E-state index in [1.165, 1.54) is 0 Å². The monoisotopic (exact) mass is 220 g/mol. The highest BCUT2D eigenvalue weighted by Gasteiger charge is 2.20. The first-order valence-electron chi connectivity index (χ1n) is 4.31. The largest absolute Gasteiger partial charge is 0.309 e. The third-order valence-electron chi connectivity index (χ3n) is 2.23. The number of aromatic nitrogens is 1. The van der Waals surface area contributed by atoms with E-state index in [2.05, 4.69) is 10.3 Å². The summed E-state index contributed by atoms with van der Waals surface area (Å²) in [6, 6.07) is 0.836. The van der Waals surface area contributed by atoms with Gasteiger partial charge in [0.15, 0.2) is 0 Å². The van der Waals surface area contributed by atoms with Crippen LogP contribution in [0.5, 0.6) is 0 Å².